The molecule has 0 aromatic rings. The van der Waals surface area contributed by atoms with Crippen molar-refractivity contribution in [1.29, 1.82) is 0 Å². The molecule has 0 aliphatic carbocycles. The first-order valence-electron chi connectivity index (χ1n) is 4.55. The highest BCUT2D eigenvalue weighted by molar-refractivity contribution is 5.94. The second-order valence-electron chi connectivity index (χ2n) is 3.32. The minimum absolute atomic E-state index is 0.256. The number of carbonyl (C=O) groups excluding carboxylic acids is 1. The van der Waals surface area contributed by atoms with Crippen molar-refractivity contribution in [2.45, 2.75) is 12.8 Å². The van der Waals surface area contributed by atoms with E-state index >= 15 is 0 Å². The van der Waals surface area contributed by atoms with Gasteiger partial charge < -0.3 is 14.6 Å². The Balaban J connectivity index is 2.65. The maximum absolute atomic E-state index is 11.2. The number of ether oxygens (including phenoxy) is 2. The number of rotatable bonds is 3. The third-order valence-electron chi connectivity index (χ3n) is 2.39. The largest absolute Gasteiger partial charge is 0.481 e. The molecule has 2 atom stereocenters. The summed E-state index contributed by atoms with van der Waals surface area (Å²) >= 11 is 0. The monoisotopic (exact) mass is 202 g/mol. The Morgan fingerprint density at radius 3 is 2.71 bits per heavy atom. The fraction of sp³-hybridized carbons (Fsp3) is 0.778. The van der Waals surface area contributed by atoms with Gasteiger partial charge in [-0.05, 0) is 12.8 Å². The summed E-state index contributed by atoms with van der Waals surface area (Å²) < 4.78 is 9.59. The second kappa shape index (κ2) is 4.95. The van der Waals surface area contributed by atoms with E-state index in [1.165, 1.54) is 7.11 Å². The van der Waals surface area contributed by atoms with Gasteiger partial charge in [-0.1, -0.05) is 0 Å². The van der Waals surface area contributed by atoms with E-state index in [-0.39, 0.29) is 5.92 Å². The molecule has 1 aliphatic heterocycles. The Kier molecular flexibility index (Phi) is 3.88. The van der Waals surface area contributed by atoms with Crippen molar-refractivity contribution >= 4 is 11.9 Å². The number of carboxylic acid groups (broad SMARTS) is 1. The summed E-state index contributed by atoms with van der Waals surface area (Å²) in [7, 11) is 1.20. The molecular formula is C9H14O5. The number of esters is 1. The zero-order valence-electron chi connectivity index (χ0n) is 8.06. The van der Waals surface area contributed by atoms with Gasteiger partial charge in [0.2, 0.25) is 0 Å². The highest BCUT2D eigenvalue weighted by Crippen LogP contribution is 2.23. The molecule has 1 fully saturated rings. The van der Waals surface area contributed by atoms with Gasteiger partial charge in [-0.3, -0.25) is 9.59 Å². The van der Waals surface area contributed by atoms with Gasteiger partial charge in [0.05, 0.1) is 13.7 Å². The first kappa shape index (κ1) is 11.0. The zero-order chi connectivity index (χ0) is 10.6. The molecule has 5 heteroatoms. The quantitative estimate of drug-likeness (QED) is 0.526. The van der Waals surface area contributed by atoms with E-state index < -0.39 is 17.9 Å². The van der Waals surface area contributed by atoms with Gasteiger partial charge in [-0.15, -0.1) is 0 Å². The van der Waals surface area contributed by atoms with Gasteiger partial charge in [-0.25, -0.2) is 0 Å². The normalized spacial score (nSPS) is 23.9. The van der Waals surface area contributed by atoms with Crippen LogP contribution in [-0.4, -0.2) is 37.4 Å². The van der Waals surface area contributed by atoms with Crippen molar-refractivity contribution in [2.24, 2.45) is 11.8 Å². The van der Waals surface area contributed by atoms with E-state index in [4.69, 9.17) is 9.84 Å². The van der Waals surface area contributed by atoms with Crippen molar-refractivity contribution in [2.75, 3.05) is 20.3 Å². The molecule has 14 heavy (non-hydrogen) atoms. The van der Waals surface area contributed by atoms with Crippen LogP contribution in [0.3, 0.4) is 0 Å². The second-order valence-corrected chi connectivity index (χ2v) is 3.32. The van der Waals surface area contributed by atoms with Crippen LogP contribution in [0.1, 0.15) is 12.8 Å². The number of methoxy groups -OCH3 is 1. The van der Waals surface area contributed by atoms with Gasteiger partial charge in [0.25, 0.3) is 0 Å². The van der Waals surface area contributed by atoms with Crippen LogP contribution in [-0.2, 0) is 19.1 Å². The van der Waals surface area contributed by atoms with Crippen molar-refractivity contribution in [3.63, 3.8) is 0 Å². The number of hydrogen-bond donors (Lipinski definition) is 1. The SMILES string of the molecule is COC(=O)C(C(=O)O)C1CCCOC1. The number of carboxylic acids is 1. The molecule has 5 nitrogen and oxygen atoms in total. The summed E-state index contributed by atoms with van der Waals surface area (Å²) in [6.45, 7) is 0.968. The molecule has 0 amide bonds. The van der Waals surface area contributed by atoms with E-state index in [2.05, 4.69) is 4.74 Å². The zero-order valence-corrected chi connectivity index (χ0v) is 8.06. The van der Waals surface area contributed by atoms with Crippen molar-refractivity contribution in [3.05, 3.63) is 0 Å². The lowest BCUT2D eigenvalue weighted by molar-refractivity contribution is -0.162. The fourth-order valence-corrected chi connectivity index (χ4v) is 1.65. The summed E-state index contributed by atoms with van der Waals surface area (Å²) in [5.74, 6) is -3.16. The minimum atomic E-state index is -1.13. The fourth-order valence-electron chi connectivity index (χ4n) is 1.65. The molecular weight excluding hydrogens is 188 g/mol. The molecule has 1 aliphatic rings. The standard InChI is InChI=1S/C9H14O5/c1-13-9(12)7(8(10)11)6-3-2-4-14-5-6/h6-7H,2-5H2,1H3,(H,10,11). The maximum atomic E-state index is 11.2. The van der Waals surface area contributed by atoms with E-state index in [0.29, 0.717) is 19.6 Å². The van der Waals surface area contributed by atoms with Gasteiger partial charge in [-0.2, -0.15) is 0 Å². The third-order valence-corrected chi connectivity index (χ3v) is 2.39. The predicted molar refractivity (Wildman–Crippen MR) is 46.7 cm³/mol. The van der Waals surface area contributed by atoms with Gasteiger partial charge in [0.15, 0.2) is 5.92 Å². The summed E-state index contributed by atoms with van der Waals surface area (Å²) in [6, 6.07) is 0. The first-order chi connectivity index (χ1) is 6.66. The average molecular weight is 202 g/mol. The molecule has 1 N–H and O–H groups in total. The van der Waals surface area contributed by atoms with Crippen LogP contribution < -0.4 is 0 Å². The molecule has 2 unspecified atom stereocenters. The van der Waals surface area contributed by atoms with Crippen LogP contribution in [0.2, 0.25) is 0 Å². The number of aliphatic carboxylic acids is 1. The van der Waals surface area contributed by atoms with E-state index in [9.17, 15) is 9.59 Å². The van der Waals surface area contributed by atoms with E-state index in [1.54, 1.807) is 0 Å². The third kappa shape index (κ3) is 2.45. The Labute approximate surface area is 82.0 Å². The Bertz CT molecular complexity index is 219. The first-order valence-corrected chi connectivity index (χ1v) is 4.55. The topological polar surface area (TPSA) is 72.8 Å². The Hall–Kier alpha value is -1.10. The predicted octanol–water partition coefficient (Wildman–Crippen LogP) is 0.287. The smallest absolute Gasteiger partial charge is 0.320 e. The van der Waals surface area contributed by atoms with Crippen molar-refractivity contribution in [1.82, 2.24) is 0 Å². The molecule has 1 saturated heterocycles. The Morgan fingerprint density at radius 2 is 2.29 bits per heavy atom. The van der Waals surface area contributed by atoms with Crippen LogP contribution >= 0.6 is 0 Å². The van der Waals surface area contributed by atoms with Gasteiger partial charge >= 0.3 is 11.9 Å². The maximum Gasteiger partial charge on any atom is 0.320 e. The van der Waals surface area contributed by atoms with Crippen LogP contribution in [0.5, 0.6) is 0 Å². The van der Waals surface area contributed by atoms with Crippen LogP contribution in [0.4, 0.5) is 0 Å². The summed E-state index contributed by atoms with van der Waals surface area (Å²) in [5.41, 5.74) is 0. The van der Waals surface area contributed by atoms with E-state index in [0.717, 1.165) is 6.42 Å². The molecule has 0 spiro atoms. The molecule has 80 valence electrons. The number of hydrogen-bond acceptors (Lipinski definition) is 4. The lowest BCUT2D eigenvalue weighted by atomic mass is 9.88. The average Bonchev–Trinajstić information content (AvgIpc) is 2.19. The summed E-state index contributed by atoms with van der Waals surface area (Å²) in [4.78, 5) is 22.0. The minimum Gasteiger partial charge on any atom is -0.481 e. The lowest BCUT2D eigenvalue weighted by Gasteiger charge is -2.25. The van der Waals surface area contributed by atoms with Crippen LogP contribution in [0, 0.1) is 11.8 Å². The highest BCUT2D eigenvalue weighted by Gasteiger charge is 2.36. The summed E-state index contributed by atoms with van der Waals surface area (Å²) in [6.07, 6.45) is 1.50. The van der Waals surface area contributed by atoms with Crippen LogP contribution in [0.15, 0.2) is 0 Å². The molecule has 1 rings (SSSR count). The Morgan fingerprint density at radius 1 is 1.57 bits per heavy atom. The lowest BCUT2D eigenvalue weighted by Crippen LogP contribution is -2.36. The van der Waals surface area contributed by atoms with Gasteiger partial charge in [0, 0.05) is 12.5 Å². The molecule has 0 radical (unpaired) electrons. The highest BCUT2D eigenvalue weighted by atomic mass is 16.5. The molecule has 0 aromatic carbocycles. The molecule has 0 saturated carbocycles. The number of carbonyl (C=O) groups is 2. The van der Waals surface area contributed by atoms with Crippen molar-refractivity contribution < 1.29 is 24.2 Å². The molecule has 1 heterocycles. The van der Waals surface area contributed by atoms with Crippen molar-refractivity contribution in [3.8, 4) is 0 Å². The molecule has 0 bridgehead atoms. The molecule has 0 aromatic heterocycles. The van der Waals surface area contributed by atoms with Gasteiger partial charge in [0.1, 0.15) is 0 Å². The van der Waals surface area contributed by atoms with E-state index in [1.807, 2.05) is 0 Å². The summed E-state index contributed by atoms with van der Waals surface area (Å²) in [5, 5.41) is 8.87. The van der Waals surface area contributed by atoms with Crippen LogP contribution in [0.25, 0.3) is 0 Å².